The van der Waals surface area contributed by atoms with E-state index in [4.69, 9.17) is 25.4 Å². The van der Waals surface area contributed by atoms with Crippen molar-refractivity contribution in [3.8, 4) is 12.3 Å². The predicted octanol–water partition coefficient (Wildman–Crippen LogP) is -0.0946. The van der Waals surface area contributed by atoms with E-state index in [1.807, 2.05) is 0 Å². The third kappa shape index (κ3) is 15.4. The quantitative estimate of drug-likeness (QED) is 0.363. The van der Waals surface area contributed by atoms with Crippen molar-refractivity contribution >= 4 is 0 Å². The number of ether oxygens (including phenoxy) is 4. The molecule has 0 aliphatic carbocycles. The third-order valence-corrected chi connectivity index (χ3v) is 1.83. The lowest BCUT2D eigenvalue weighted by Gasteiger charge is -2.06. The van der Waals surface area contributed by atoms with Gasteiger partial charge in [0.15, 0.2) is 0 Å². The van der Waals surface area contributed by atoms with Crippen LogP contribution in [0.3, 0.4) is 0 Å². The Morgan fingerprint density at radius 3 is 1.94 bits per heavy atom. The van der Waals surface area contributed by atoms with Crippen molar-refractivity contribution < 1.29 is 18.9 Å². The summed E-state index contributed by atoms with van der Waals surface area (Å²) in [6.07, 6.45) is 5.07. The summed E-state index contributed by atoms with van der Waals surface area (Å²) in [7, 11) is 1.65. The summed E-state index contributed by atoms with van der Waals surface area (Å²) in [5.41, 5.74) is 0. The molecule has 0 aliphatic heterocycles. The Morgan fingerprint density at radius 2 is 1.41 bits per heavy atom. The van der Waals surface area contributed by atoms with Crippen LogP contribution in [0.4, 0.5) is 0 Å². The molecule has 0 amide bonds. The monoisotopic (exact) mass is 245 g/mol. The molecule has 0 unspecified atom stereocenters. The smallest absolute Gasteiger partial charge is 0.0701 e. The molecule has 0 atom stereocenters. The number of methoxy groups -OCH3 is 1. The van der Waals surface area contributed by atoms with E-state index in [9.17, 15) is 0 Å². The second-order valence-corrected chi connectivity index (χ2v) is 3.21. The lowest BCUT2D eigenvalue weighted by Crippen LogP contribution is -2.21. The number of hydrogen-bond donors (Lipinski definition) is 1. The maximum absolute atomic E-state index is 5.31. The van der Waals surface area contributed by atoms with Crippen LogP contribution in [0.1, 0.15) is 0 Å². The third-order valence-electron chi connectivity index (χ3n) is 1.83. The number of nitrogens with one attached hydrogen (secondary N) is 1. The predicted molar refractivity (Wildman–Crippen MR) is 66.0 cm³/mol. The number of hydrogen-bond acceptors (Lipinski definition) is 5. The molecule has 1 N–H and O–H groups in total. The highest BCUT2D eigenvalue weighted by Gasteiger charge is 1.91. The van der Waals surface area contributed by atoms with E-state index in [-0.39, 0.29) is 0 Å². The summed E-state index contributed by atoms with van der Waals surface area (Å²) in [4.78, 5) is 0. The lowest BCUT2D eigenvalue weighted by molar-refractivity contribution is 0.00417. The average Bonchev–Trinajstić information content (AvgIpc) is 2.35. The van der Waals surface area contributed by atoms with Gasteiger partial charge in [-0.05, 0) is 0 Å². The fourth-order valence-corrected chi connectivity index (χ4v) is 0.989. The van der Waals surface area contributed by atoms with Crippen LogP contribution in [0.15, 0.2) is 0 Å². The maximum atomic E-state index is 5.31. The van der Waals surface area contributed by atoms with Crippen molar-refractivity contribution in [3.05, 3.63) is 0 Å². The van der Waals surface area contributed by atoms with E-state index in [1.165, 1.54) is 0 Å². The molecule has 0 bridgehead atoms. The summed E-state index contributed by atoms with van der Waals surface area (Å²) in [5, 5.41) is 3.03. The first-order valence-electron chi connectivity index (χ1n) is 5.78. The van der Waals surface area contributed by atoms with E-state index in [2.05, 4.69) is 11.2 Å². The first-order chi connectivity index (χ1) is 8.41. The van der Waals surface area contributed by atoms with Gasteiger partial charge < -0.3 is 24.3 Å². The Morgan fingerprint density at radius 1 is 0.882 bits per heavy atom. The zero-order valence-corrected chi connectivity index (χ0v) is 10.6. The summed E-state index contributed by atoms with van der Waals surface area (Å²) >= 11 is 0. The van der Waals surface area contributed by atoms with Gasteiger partial charge >= 0.3 is 0 Å². The van der Waals surface area contributed by atoms with Gasteiger partial charge in [0.05, 0.1) is 52.8 Å². The molecule has 5 nitrogen and oxygen atoms in total. The van der Waals surface area contributed by atoms with Gasteiger partial charge in [0, 0.05) is 13.7 Å². The normalized spacial score (nSPS) is 10.4. The largest absolute Gasteiger partial charge is 0.382 e. The van der Waals surface area contributed by atoms with E-state index in [0.717, 1.165) is 6.54 Å². The van der Waals surface area contributed by atoms with Gasteiger partial charge in [0.2, 0.25) is 0 Å². The highest BCUT2D eigenvalue weighted by molar-refractivity contribution is 4.86. The van der Waals surface area contributed by atoms with Crippen molar-refractivity contribution in [2.24, 2.45) is 0 Å². The maximum Gasteiger partial charge on any atom is 0.0701 e. The van der Waals surface area contributed by atoms with Gasteiger partial charge in [-0.1, -0.05) is 5.92 Å². The molecular formula is C12H23NO4. The Kier molecular flexibility index (Phi) is 14.8. The molecule has 0 spiro atoms. The van der Waals surface area contributed by atoms with Gasteiger partial charge in [-0.2, -0.15) is 0 Å². The molecule has 5 heteroatoms. The van der Waals surface area contributed by atoms with Crippen molar-refractivity contribution in [2.75, 3.05) is 66.4 Å². The molecule has 0 aromatic carbocycles. The van der Waals surface area contributed by atoms with Crippen LogP contribution >= 0.6 is 0 Å². The molecule has 0 fully saturated rings. The Hall–Kier alpha value is -0.640. The lowest BCUT2D eigenvalue weighted by atomic mass is 10.6. The van der Waals surface area contributed by atoms with Crippen LogP contribution in [0.25, 0.3) is 0 Å². The highest BCUT2D eigenvalue weighted by atomic mass is 16.6. The van der Waals surface area contributed by atoms with Gasteiger partial charge in [0.1, 0.15) is 0 Å². The molecule has 17 heavy (non-hydrogen) atoms. The van der Waals surface area contributed by atoms with E-state index in [1.54, 1.807) is 7.11 Å². The molecular weight excluding hydrogens is 222 g/mol. The zero-order chi connectivity index (χ0) is 12.6. The fraction of sp³-hybridized carbons (Fsp3) is 0.833. The first kappa shape index (κ1) is 16.4. The molecule has 0 rings (SSSR count). The van der Waals surface area contributed by atoms with Crippen LogP contribution in [0.2, 0.25) is 0 Å². The fourth-order valence-electron chi connectivity index (χ4n) is 0.989. The average molecular weight is 245 g/mol. The molecule has 0 aromatic heterocycles. The van der Waals surface area contributed by atoms with Gasteiger partial charge in [0.25, 0.3) is 0 Å². The van der Waals surface area contributed by atoms with Crippen LogP contribution in [0.5, 0.6) is 0 Å². The second-order valence-electron chi connectivity index (χ2n) is 3.21. The summed E-state index contributed by atoms with van der Waals surface area (Å²) in [5.74, 6) is 2.49. The van der Waals surface area contributed by atoms with Gasteiger partial charge in [-0.25, -0.2) is 0 Å². The molecule has 0 saturated carbocycles. The van der Waals surface area contributed by atoms with Crippen LogP contribution in [-0.4, -0.2) is 66.4 Å². The molecule has 0 radical (unpaired) electrons. The van der Waals surface area contributed by atoms with Crippen LogP contribution in [0, 0.1) is 12.3 Å². The number of rotatable bonds is 13. The molecule has 0 heterocycles. The van der Waals surface area contributed by atoms with E-state index < -0.39 is 0 Å². The SMILES string of the molecule is C#CCNCCOCCOCCOCCOC. The minimum atomic E-state index is 0.582. The minimum Gasteiger partial charge on any atom is -0.382 e. The molecule has 100 valence electrons. The summed E-state index contributed by atoms with van der Waals surface area (Å²) in [6.45, 7) is 5.58. The topological polar surface area (TPSA) is 49.0 Å². The van der Waals surface area contributed by atoms with E-state index >= 15 is 0 Å². The molecule has 0 aromatic rings. The zero-order valence-electron chi connectivity index (χ0n) is 10.6. The van der Waals surface area contributed by atoms with Crippen LogP contribution in [-0.2, 0) is 18.9 Å². The Bertz CT molecular complexity index is 182. The minimum absolute atomic E-state index is 0.582. The van der Waals surface area contributed by atoms with Gasteiger partial charge in [-0.15, -0.1) is 6.42 Å². The van der Waals surface area contributed by atoms with Crippen molar-refractivity contribution in [2.45, 2.75) is 0 Å². The Balaban J connectivity index is 2.87. The van der Waals surface area contributed by atoms with Crippen molar-refractivity contribution in [1.29, 1.82) is 0 Å². The standard InChI is InChI=1S/C12H23NO4/c1-3-4-13-5-6-15-9-10-17-12-11-16-8-7-14-2/h1,13H,4-12H2,2H3. The Labute approximate surface area is 104 Å². The van der Waals surface area contributed by atoms with Crippen LogP contribution < -0.4 is 5.32 Å². The number of terminal acetylenes is 1. The van der Waals surface area contributed by atoms with Crippen molar-refractivity contribution in [3.63, 3.8) is 0 Å². The summed E-state index contributed by atoms with van der Waals surface area (Å²) in [6, 6.07) is 0. The molecule has 0 aliphatic rings. The highest BCUT2D eigenvalue weighted by Crippen LogP contribution is 1.81. The first-order valence-corrected chi connectivity index (χ1v) is 5.78. The van der Waals surface area contributed by atoms with Gasteiger partial charge in [-0.3, -0.25) is 0 Å². The van der Waals surface area contributed by atoms with E-state index in [0.29, 0.717) is 52.8 Å². The van der Waals surface area contributed by atoms with Crippen molar-refractivity contribution in [1.82, 2.24) is 5.32 Å². The second kappa shape index (κ2) is 15.4. The molecule has 0 saturated heterocycles. The summed E-state index contributed by atoms with van der Waals surface area (Å²) < 4.78 is 20.7.